The molecule has 1 amide bonds. The van der Waals surface area contributed by atoms with E-state index in [1.807, 2.05) is 6.92 Å². The summed E-state index contributed by atoms with van der Waals surface area (Å²) in [6.07, 6.45) is 4.40. The summed E-state index contributed by atoms with van der Waals surface area (Å²) < 4.78 is 25.4. The van der Waals surface area contributed by atoms with E-state index in [1.54, 1.807) is 49.4 Å². The molecule has 1 N–H and O–H groups in total. The number of nitrogens with one attached hydrogen (secondary N) is 1. The van der Waals surface area contributed by atoms with E-state index in [4.69, 9.17) is 20.8 Å². The van der Waals surface area contributed by atoms with E-state index < -0.39 is 5.95 Å². The molecule has 0 aliphatic rings. The van der Waals surface area contributed by atoms with Crippen molar-refractivity contribution >= 4 is 23.4 Å². The molecule has 4 rings (SSSR count). The molecule has 8 heteroatoms. The number of pyridine rings is 2. The van der Waals surface area contributed by atoms with Crippen molar-refractivity contribution in [3.63, 3.8) is 0 Å². The molecule has 0 fully saturated rings. The first-order valence-corrected chi connectivity index (χ1v) is 10.2. The quantitative estimate of drug-likeness (QED) is 0.355. The first-order valence-electron chi connectivity index (χ1n) is 9.86. The van der Waals surface area contributed by atoms with Crippen molar-refractivity contribution < 1.29 is 18.3 Å². The Labute approximate surface area is 189 Å². The number of aromatic nitrogens is 2. The number of benzene rings is 1. The van der Waals surface area contributed by atoms with E-state index in [2.05, 4.69) is 15.3 Å². The van der Waals surface area contributed by atoms with Gasteiger partial charge in [-0.1, -0.05) is 11.6 Å². The van der Waals surface area contributed by atoms with Crippen LogP contribution in [-0.2, 0) is 0 Å². The summed E-state index contributed by atoms with van der Waals surface area (Å²) in [4.78, 5) is 20.8. The van der Waals surface area contributed by atoms with Crippen LogP contribution >= 0.6 is 11.6 Å². The number of halogens is 2. The van der Waals surface area contributed by atoms with Crippen molar-refractivity contribution in [1.29, 1.82) is 0 Å². The lowest BCUT2D eigenvalue weighted by molar-refractivity contribution is 0.102. The van der Waals surface area contributed by atoms with Gasteiger partial charge in [-0.05, 0) is 61.4 Å². The van der Waals surface area contributed by atoms with E-state index in [0.717, 1.165) is 0 Å². The van der Waals surface area contributed by atoms with Crippen molar-refractivity contribution in [3.8, 4) is 28.1 Å². The molecule has 1 aromatic carbocycles. The minimum Gasteiger partial charge on any atom is -0.492 e. The second kappa shape index (κ2) is 9.20. The largest absolute Gasteiger partial charge is 0.492 e. The number of carbonyl (C=O) groups excluding carboxylic acids is 1. The van der Waals surface area contributed by atoms with Crippen LogP contribution < -0.4 is 10.1 Å². The molecule has 4 aromatic rings. The van der Waals surface area contributed by atoms with Gasteiger partial charge in [-0.2, -0.15) is 4.39 Å². The lowest BCUT2D eigenvalue weighted by atomic mass is 9.99. The van der Waals surface area contributed by atoms with Gasteiger partial charge in [0.05, 0.1) is 30.3 Å². The Morgan fingerprint density at radius 1 is 1.22 bits per heavy atom. The van der Waals surface area contributed by atoms with Gasteiger partial charge in [-0.3, -0.25) is 15.1 Å². The Morgan fingerprint density at radius 3 is 2.78 bits per heavy atom. The molecule has 0 spiro atoms. The molecule has 0 unspecified atom stereocenters. The van der Waals surface area contributed by atoms with E-state index in [1.165, 1.54) is 18.7 Å². The van der Waals surface area contributed by atoms with E-state index in [0.29, 0.717) is 56.8 Å². The monoisotopic (exact) mass is 451 g/mol. The van der Waals surface area contributed by atoms with Gasteiger partial charge in [0.25, 0.3) is 5.91 Å². The molecule has 162 valence electrons. The number of hydrogen-bond acceptors (Lipinski definition) is 5. The van der Waals surface area contributed by atoms with Crippen molar-refractivity contribution in [2.24, 2.45) is 0 Å². The Morgan fingerprint density at radius 2 is 2.06 bits per heavy atom. The zero-order valence-electron chi connectivity index (χ0n) is 17.4. The van der Waals surface area contributed by atoms with Crippen LogP contribution in [0.2, 0.25) is 5.02 Å². The maximum atomic E-state index is 14.5. The molecular weight excluding hydrogens is 433 g/mol. The van der Waals surface area contributed by atoms with Gasteiger partial charge in [-0.15, -0.1) is 0 Å². The van der Waals surface area contributed by atoms with Crippen molar-refractivity contribution in [3.05, 3.63) is 83.2 Å². The fourth-order valence-electron chi connectivity index (χ4n) is 3.32. The molecule has 0 radical (unpaired) electrons. The number of hydrogen-bond donors (Lipinski definition) is 1. The molecular formula is C24H19ClFN3O3. The highest BCUT2D eigenvalue weighted by Gasteiger charge is 2.17. The van der Waals surface area contributed by atoms with Gasteiger partial charge >= 0.3 is 0 Å². The predicted octanol–water partition coefficient (Wildman–Crippen LogP) is 6.16. The lowest BCUT2D eigenvalue weighted by Gasteiger charge is -2.14. The average molecular weight is 452 g/mol. The highest BCUT2D eigenvalue weighted by molar-refractivity contribution is 6.31. The number of aryl methyl sites for hydroxylation is 1. The van der Waals surface area contributed by atoms with Gasteiger partial charge in [0.1, 0.15) is 5.75 Å². The van der Waals surface area contributed by atoms with Crippen LogP contribution in [0.15, 0.2) is 65.5 Å². The molecule has 0 saturated heterocycles. The number of anilines is 1. The molecule has 0 atom stereocenters. The summed E-state index contributed by atoms with van der Waals surface area (Å²) in [6, 6.07) is 11.7. The topological polar surface area (TPSA) is 77.2 Å². The van der Waals surface area contributed by atoms with Gasteiger partial charge in [0.15, 0.2) is 5.88 Å². The number of nitrogens with zero attached hydrogens (tertiary/aromatic N) is 2. The van der Waals surface area contributed by atoms with E-state index in [-0.39, 0.29) is 5.91 Å². The highest BCUT2D eigenvalue weighted by atomic mass is 35.5. The van der Waals surface area contributed by atoms with Gasteiger partial charge in [0, 0.05) is 28.4 Å². The Bertz CT molecular complexity index is 1260. The van der Waals surface area contributed by atoms with Crippen LogP contribution in [0, 0.1) is 12.9 Å². The van der Waals surface area contributed by atoms with Crippen LogP contribution in [0.1, 0.15) is 22.8 Å². The molecule has 0 aliphatic heterocycles. The number of carbonyl (C=O) groups is 1. The molecule has 3 heterocycles. The molecule has 0 bridgehead atoms. The van der Waals surface area contributed by atoms with Crippen molar-refractivity contribution in [2.45, 2.75) is 13.8 Å². The molecule has 0 aliphatic carbocycles. The van der Waals surface area contributed by atoms with Crippen molar-refractivity contribution in [1.82, 2.24) is 9.97 Å². The maximum absolute atomic E-state index is 14.5. The average Bonchev–Trinajstić information content (AvgIpc) is 3.27. The van der Waals surface area contributed by atoms with Gasteiger partial charge < -0.3 is 9.15 Å². The van der Waals surface area contributed by atoms with Crippen LogP contribution in [-0.4, -0.2) is 22.5 Å². The lowest BCUT2D eigenvalue weighted by Crippen LogP contribution is -2.11. The molecule has 3 aromatic heterocycles. The summed E-state index contributed by atoms with van der Waals surface area (Å²) >= 11 is 6.33. The predicted molar refractivity (Wildman–Crippen MR) is 120 cm³/mol. The maximum Gasteiger partial charge on any atom is 0.258 e. The van der Waals surface area contributed by atoms with Crippen LogP contribution in [0.3, 0.4) is 0 Å². The number of amides is 1. The summed E-state index contributed by atoms with van der Waals surface area (Å²) in [5.41, 5.74) is 2.96. The fourth-order valence-corrected chi connectivity index (χ4v) is 3.55. The third-order valence-corrected chi connectivity index (χ3v) is 4.98. The Hall–Kier alpha value is -3.71. The van der Waals surface area contributed by atoms with Crippen LogP contribution in [0.4, 0.5) is 10.3 Å². The van der Waals surface area contributed by atoms with Crippen LogP contribution in [0.25, 0.3) is 22.4 Å². The SMILES string of the molecule is CCOc1cnc(-c2c(C)ccnc2F)cc1-c1cc(Cl)cc(C(=O)Nc2ccco2)c1. The number of ether oxygens (including phenoxy) is 1. The number of furan rings is 1. The summed E-state index contributed by atoms with van der Waals surface area (Å²) in [5, 5.41) is 3.03. The zero-order chi connectivity index (χ0) is 22.7. The van der Waals surface area contributed by atoms with E-state index in [9.17, 15) is 9.18 Å². The third kappa shape index (κ3) is 4.48. The second-order valence-electron chi connectivity index (χ2n) is 6.95. The minimum atomic E-state index is -0.614. The minimum absolute atomic E-state index is 0.301. The molecule has 32 heavy (non-hydrogen) atoms. The Balaban J connectivity index is 1.81. The summed E-state index contributed by atoms with van der Waals surface area (Å²) in [5.74, 6) is -0.194. The normalized spacial score (nSPS) is 10.8. The molecule has 0 saturated carbocycles. The molecule has 6 nitrogen and oxygen atoms in total. The standard InChI is InChI=1S/C24H19ClFN3O3/c1-3-31-20-13-28-19(22-14(2)6-7-27-23(22)26)12-18(20)15-9-16(11-17(25)10-15)24(30)29-21-5-4-8-32-21/h4-13H,3H2,1-2H3,(H,29,30). The summed E-state index contributed by atoms with van der Waals surface area (Å²) in [6.45, 7) is 4.04. The van der Waals surface area contributed by atoms with Gasteiger partial charge in [-0.25, -0.2) is 4.98 Å². The number of rotatable bonds is 6. The first kappa shape index (κ1) is 21.5. The van der Waals surface area contributed by atoms with Crippen LogP contribution in [0.5, 0.6) is 5.75 Å². The van der Waals surface area contributed by atoms with Crippen molar-refractivity contribution in [2.75, 3.05) is 11.9 Å². The first-order chi connectivity index (χ1) is 15.5. The summed E-state index contributed by atoms with van der Waals surface area (Å²) in [7, 11) is 0. The van der Waals surface area contributed by atoms with Gasteiger partial charge in [0.2, 0.25) is 5.95 Å². The van der Waals surface area contributed by atoms with E-state index >= 15 is 0 Å². The second-order valence-corrected chi connectivity index (χ2v) is 7.39. The fraction of sp³-hybridized carbons (Fsp3) is 0.125. The smallest absolute Gasteiger partial charge is 0.258 e. The highest BCUT2D eigenvalue weighted by Crippen LogP contribution is 2.36. The third-order valence-electron chi connectivity index (χ3n) is 4.77. The zero-order valence-corrected chi connectivity index (χ0v) is 18.1. The Kier molecular flexibility index (Phi) is 6.18.